The molecule has 10 rings (SSSR count). The molecule has 0 spiro atoms. The third kappa shape index (κ3) is 14.3. The topological polar surface area (TPSA) is 68.8 Å². The van der Waals surface area contributed by atoms with E-state index in [-0.39, 0.29) is 66.0 Å². The summed E-state index contributed by atoms with van der Waals surface area (Å²) >= 11 is 0. The van der Waals surface area contributed by atoms with Gasteiger partial charge in [-0.3, -0.25) is 0 Å². The van der Waals surface area contributed by atoms with Gasteiger partial charge in [-0.05, 0) is 186 Å². The zero-order valence-corrected chi connectivity index (χ0v) is 62.7. The Balaban J connectivity index is 1.09. The molecular weight excluding hydrogens is 1190 g/mol. The fraction of sp³-hybridized carbons (Fsp3) is 0.442. The van der Waals surface area contributed by atoms with Gasteiger partial charge in [0.1, 0.15) is 44.2 Å². The number of ether oxygens (including phenoxy) is 2. The molecule has 0 bridgehead atoms. The SMILES string of the molecule is CCc1cc(F)cc(-c2cc(C(C)(C)CC(C)(C)C)cc(-n3c4cc(C(C)(C)C)ccc4c4ccc(C(C)(C)C)cc43)c2O)c1OC[Si]COc1c(CC)cc(F)cc1-c1cc(C(C)(C)CC(C)(C)C)cc(-n2c3cc(C(C)(C)C)ccc3c3ccc(C(C)(C)C)cc32)c1O. The summed E-state index contributed by atoms with van der Waals surface area (Å²) in [5.74, 6) is 0.207. The molecule has 6 nitrogen and oxygen atoms in total. The van der Waals surface area contributed by atoms with Crippen LogP contribution in [0.2, 0.25) is 0 Å². The first-order valence-corrected chi connectivity index (χ1v) is 35.9. The van der Waals surface area contributed by atoms with Crippen LogP contribution in [-0.2, 0) is 45.3 Å². The van der Waals surface area contributed by atoms with Crippen LogP contribution in [0.4, 0.5) is 8.78 Å². The summed E-state index contributed by atoms with van der Waals surface area (Å²) in [5.41, 5.74) is 13.6. The minimum atomic E-state index is -0.424. The van der Waals surface area contributed by atoms with Gasteiger partial charge in [0.15, 0.2) is 0 Å². The maximum Gasteiger partial charge on any atom is 0.147 e. The summed E-state index contributed by atoms with van der Waals surface area (Å²) in [6.07, 6.45) is 3.03. The van der Waals surface area contributed by atoms with Gasteiger partial charge in [0.05, 0.1) is 45.9 Å². The highest BCUT2D eigenvalue weighted by atomic mass is 28.2. The summed E-state index contributed by atoms with van der Waals surface area (Å²) in [7, 11) is 0.0645. The van der Waals surface area contributed by atoms with Crippen molar-refractivity contribution < 1.29 is 28.5 Å². The van der Waals surface area contributed by atoms with Gasteiger partial charge in [0.2, 0.25) is 0 Å². The molecule has 0 fully saturated rings. The number of aryl methyl sites for hydroxylation is 2. The molecular formula is C86H106F2N2O4Si. The van der Waals surface area contributed by atoms with Gasteiger partial charge < -0.3 is 28.8 Å². The van der Waals surface area contributed by atoms with Crippen molar-refractivity contribution in [1.29, 1.82) is 0 Å². The molecule has 0 saturated carbocycles. The molecule has 10 aromatic rings. The molecule has 2 radical (unpaired) electrons. The van der Waals surface area contributed by atoms with E-state index in [0.717, 1.165) is 67.6 Å². The van der Waals surface area contributed by atoms with Gasteiger partial charge in [0.25, 0.3) is 0 Å². The normalized spacial score (nSPS) is 13.3. The van der Waals surface area contributed by atoms with Crippen molar-refractivity contribution >= 4 is 53.1 Å². The van der Waals surface area contributed by atoms with E-state index in [9.17, 15) is 10.2 Å². The van der Waals surface area contributed by atoms with Crippen LogP contribution in [0.15, 0.2) is 121 Å². The van der Waals surface area contributed by atoms with Crippen LogP contribution >= 0.6 is 0 Å². The molecule has 0 aliphatic carbocycles. The van der Waals surface area contributed by atoms with Crippen LogP contribution in [0.25, 0.3) is 77.2 Å². The van der Waals surface area contributed by atoms with Crippen LogP contribution in [-0.4, -0.2) is 41.3 Å². The maximum atomic E-state index is 16.5. The van der Waals surface area contributed by atoms with Gasteiger partial charge in [0, 0.05) is 43.8 Å². The highest BCUT2D eigenvalue weighted by molar-refractivity contribution is 6.35. The third-order valence-electron chi connectivity index (χ3n) is 19.4. The smallest absolute Gasteiger partial charge is 0.147 e. The van der Waals surface area contributed by atoms with Crippen molar-refractivity contribution in [3.8, 4) is 56.6 Å². The number of halogens is 2. The standard InChI is InChI=1S/C86H106F2N2O4Si/c1-25-51-35-59(87)45-67(65-37-57(85(21,22)47-79(3,4)5)43-73(75(65)91)89-69-39-53(81(9,10)11)27-31-61(69)62-32-28-54(40-70(62)89)82(12,13)14)77(51)93-49-95-50-94-78-52(26-2)36-60(88)46-68(78)66-38-58(86(23,24)48-80(6,7)8)44-74(76(66)92)90-71-41-55(83(15,16)17)29-33-63(71)64-34-30-56(42-72(64)90)84(18,19)20/h27-46,91-92H,25-26,47-50H2,1-24H3. The van der Waals surface area contributed by atoms with Crippen molar-refractivity contribution in [1.82, 2.24) is 9.13 Å². The molecule has 2 aromatic heterocycles. The van der Waals surface area contributed by atoms with E-state index >= 15 is 8.78 Å². The Bertz CT molecular complexity index is 4160. The summed E-state index contributed by atoms with van der Waals surface area (Å²) in [5, 5.41) is 31.0. The molecule has 0 aliphatic heterocycles. The summed E-state index contributed by atoms with van der Waals surface area (Å²) in [6.45, 7) is 53.3. The van der Waals surface area contributed by atoms with Crippen LogP contribution in [0.5, 0.6) is 23.0 Å². The number of hydrogen-bond donors (Lipinski definition) is 2. The number of phenols is 2. The van der Waals surface area contributed by atoms with Gasteiger partial charge in [-0.25, -0.2) is 8.78 Å². The first kappa shape index (κ1) is 70.4. The predicted molar refractivity (Wildman–Crippen MR) is 400 cm³/mol. The van der Waals surface area contributed by atoms with Crippen LogP contribution in [0, 0.1) is 22.5 Å². The minimum Gasteiger partial charge on any atom is -0.505 e. The number of aromatic hydroxyl groups is 2. The van der Waals surface area contributed by atoms with E-state index in [1.54, 1.807) is 12.1 Å². The Morgan fingerprint density at radius 1 is 0.358 bits per heavy atom. The number of aromatic nitrogens is 2. The van der Waals surface area contributed by atoms with Crippen LogP contribution < -0.4 is 9.47 Å². The molecule has 0 saturated heterocycles. The van der Waals surface area contributed by atoms with E-state index in [1.807, 2.05) is 13.8 Å². The van der Waals surface area contributed by atoms with Crippen molar-refractivity contribution in [2.75, 3.05) is 12.5 Å². The predicted octanol–water partition coefficient (Wildman–Crippen LogP) is 23.7. The molecule has 8 aromatic carbocycles. The number of hydrogen-bond acceptors (Lipinski definition) is 4. The molecule has 0 aliphatic rings. The molecule has 502 valence electrons. The number of phenolic OH excluding ortho intramolecular Hbond substituents is 2. The fourth-order valence-electron chi connectivity index (χ4n) is 14.9. The first-order chi connectivity index (χ1) is 43.9. The largest absolute Gasteiger partial charge is 0.505 e. The van der Waals surface area contributed by atoms with Crippen LogP contribution in [0.1, 0.15) is 224 Å². The lowest BCUT2D eigenvalue weighted by atomic mass is 9.71. The van der Waals surface area contributed by atoms with Gasteiger partial charge in [-0.1, -0.05) is 215 Å². The summed E-state index contributed by atoms with van der Waals surface area (Å²) < 4.78 is 51.5. The number of benzene rings is 8. The van der Waals surface area contributed by atoms with E-state index < -0.39 is 22.5 Å². The molecule has 2 heterocycles. The Morgan fingerprint density at radius 3 is 0.895 bits per heavy atom. The summed E-state index contributed by atoms with van der Waals surface area (Å²) in [6, 6.07) is 41.4. The van der Waals surface area contributed by atoms with Gasteiger partial charge >= 0.3 is 0 Å². The van der Waals surface area contributed by atoms with Gasteiger partial charge in [-0.15, -0.1) is 0 Å². The molecule has 0 unspecified atom stereocenters. The molecule has 95 heavy (non-hydrogen) atoms. The Hall–Kier alpha value is -7.36. The van der Waals surface area contributed by atoms with Crippen molar-refractivity contribution in [3.05, 3.63) is 177 Å². The Labute approximate surface area is 569 Å². The number of rotatable bonds is 16. The molecule has 2 N–H and O–H groups in total. The Morgan fingerprint density at radius 2 is 0.642 bits per heavy atom. The maximum absolute atomic E-state index is 16.5. The average molecular weight is 1300 g/mol. The van der Waals surface area contributed by atoms with E-state index in [2.05, 4.69) is 259 Å². The van der Waals surface area contributed by atoms with E-state index in [4.69, 9.17) is 9.47 Å². The van der Waals surface area contributed by atoms with E-state index in [0.29, 0.717) is 69.1 Å². The Kier molecular flexibility index (Phi) is 18.5. The first-order valence-electron chi connectivity index (χ1n) is 34.5. The summed E-state index contributed by atoms with van der Waals surface area (Å²) in [4.78, 5) is 0. The highest BCUT2D eigenvalue weighted by Crippen LogP contribution is 2.51. The second-order valence-electron chi connectivity index (χ2n) is 35.0. The lowest BCUT2D eigenvalue weighted by molar-refractivity contribution is 0.283. The lowest BCUT2D eigenvalue weighted by Crippen LogP contribution is -2.25. The third-order valence-corrected chi connectivity index (χ3v) is 20.1. The zero-order chi connectivity index (χ0) is 69.8. The average Bonchev–Trinajstić information content (AvgIpc) is 1.62. The fourth-order valence-corrected chi connectivity index (χ4v) is 15.5. The zero-order valence-electron chi connectivity index (χ0n) is 61.7. The number of nitrogens with zero attached hydrogens (tertiary/aromatic N) is 2. The van der Waals surface area contributed by atoms with Crippen molar-refractivity contribution in [3.63, 3.8) is 0 Å². The molecule has 9 heteroatoms. The minimum absolute atomic E-state index is 0.0281. The van der Waals surface area contributed by atoms with Crippen LogP contribution in [0.3, 0.4) is 0 Å². The van der Waals surface area contributed by atoms with Gasteiger partial charge in [-0.2, -0.15) is 0 Å². The number of fused-ring (bicyclic) bond motifs is 6. The highest BCUT2D eigenvalue weighted by Gasteiger charge is 2.35. The second-order valence-corrected chi connectivity index (χ2v) is 36.1. The molecule has 0 amide bonds. The lowest BCUT2D eigenvalue weighted by Gasteiger charge is -2.34. The monoisotopic (exact) mass is 1300 g/mol. The van der Waals surface area contributed by atoms with E-state index in [1.165, 1.54) is 34.4 Å². The quantitative estimate of drug-likeness (QED) is 0.0747. The molecule has 0 atom stereocenters. The van der Waals surface area contributed by atoms with Crippen molar-refractivity contribution in [2.45, 2.75) is 224 Å². The van der Waals surface area contributed by atoms with Crippen molar-refractivity contribution in [2.24, 2.45) is 10.8 Å². The second kappa shape index (κ2) is 24.9.